The fourth-order valence-corrected chi connectivity index (χ4v) is 3.22. The highest BCUT2D eigenvalue weighted by atomic mass is 16.7. The van der Waals surface area contributed by atoms with Gasteiger partial charge in [0.2, 0.25) is 6.29 Å². The van der Waals surface area contributed by atoms with Gasteiger partial charge in [-0.2, -0.15) is 0 Å². The lowest BCUT2D eigenvalue weighted by Gasteiger charge is -2.44. The van der Waals surface area contributed by atoms with E-state index in [-0.39, 0.29) is 6.61 Å². The maximum atomic E-state index is 12.5. The van der Waals surface area contributed by atoms with Gasteiger partial charge in [-0.15, -0.1) is 0 Å². The Morgan fingerprint density at radius 1 is 0.794 bits per heavy atom. The first-order valence-corrected chi connectivity index (χ1v) is 10.3. The summed E-state index contributed by atoms with van der Waals surface area (Å²) in [6.07, 6.45) is -6.29. The van der Waals surface area contributed by atoms with Crippen LogP contribution in [0.5, 0.6) is 0 Å². The van der Waals surface area contributed by atoms with Crippen LogP contribution in [0.2, 0.25) is 0 Å². The molecule has 12 nitrogen and oxygen atoms in total. The van der Waals surface area contributed by atoms with Crippen molar-refractivity contribution < 1.29 is 52.4 Å². The van der Waals surface area contributed by atoms with Gasteiger partial charge in [0, 0.05) is 27.7 Å². The van der Waals surface area contributed by atoms with Gasteiger partial charge in [0.1, 0.15) is 25.4 Å². The molecule has 5 atom stereocenters. The quantitative estimate of drug-likeness (QED) is 0.418. The fraction of sp³-hybridized carbons (Fsp3) is 0.500. The Kier molecular flexibility index (Phi) is 9.80. The smallest absolute Gasteiger partial charge is 0.408 e. The number of esters is 4. The van der Waals surface area contributed by atoms with Crippen LogP contribution in [0, 0.1) is 0 Å². The topological polar surface area (TPSA) is 153 Å². The molecule has 1 fully saturated rings. The highest BCUT2D eigenvalue weighted by molar-refractivity contribution is 5.70. The molecule has 1 aromatic rings. The second kappa shape index (κ2) is 12.5. The molecule has 1 amide bonds. The van der Waals surface area contributed by atoms with Gasteiger partial charge in [-0.1, -0.05) is 30.3 Å². The number of hydrogen-bond donors (Lipinski definition) is 1. The number of rotatable bonds is 8. The lowest BCUT2D eigenvalue weighted by molar-refractivity contribution is -0.270. The van der Waals surface area contributed by atoms with Gasteiger partial charge in [-0.25, -0.2) is 4.79 Å². The van der Waals surface area contributed by atoms with Crippen LogP contribution >= 0.6 is 0 Å². The molecule has 0 radical (unpaired) electrons. The van der Waals surface area contributed by atoms with Crippen LogP contribution < -0.4 is 5.32 Å². The fourth-order valence-electron chi connectivity index (χ4n) is 3.22. The summed E-state index contributed by atoms with van der Waals surface area (Å²) in [6.45, 7) is 4.00. The number of carbonyl (C=O) groups excluding carboxylic acids is 5. The molecule has 0 spiro atoms. The van der Waals surface area contributed by atoms with E-state index in [1.54, 1.807) is 30.3 Å². The number of benzene rings is 1. The van der Waals surface area contributed by atoms with Crippen LogP contribution in [-0.2, 0) is 54.2 Å². The Balaban J connectivity index is 2.30. The van der Waals surface area contributed by atoms with Gasteiger partial charge in [0.25, 0.3) is 0 Å². The van der Waals surface area contributed by atoms with E-state index in [0.29, 0.717) is 5.56 Å². The molecule has 1 N–H and O–H groups in total. The van der Waals surface area contributed by atoms with Crippen molar-refractivity contribution >= 4 is 30.0 Å². The van der Waals surface area contributed by atoms with Crippen molar-refractivity contribution in [2.45, 2.75) is 64.9 Å². The van der Waals surface area contributed by atoms with Gasteiger partial charge in [0.05, 0.1) is 0 Å². The van der Waals surface area contributed by atoms with Gasteiger partial charge < -0.3 is 33.7 Å². The third-order valence-electron chi connectivity index (χ3n) is 4.48. The first-order valence-electron chi connectivity index (χ1n) is 10.3. The van der Waals surface area contributed by atoms with Crippen LogP contribution in [0.25, 0.3) is 0 Å². The molecule has 186 valence electrons. The molecule has 2 rings (SSSR count). The first kappa shape index (κ1) is 26.6. The monoisotopic (exact) mass is 481 g/mol. The van der Waals surface area contributed by atoms with Crippen LogP contribution in [0.4, 0.5) is 4.79 Å². The molecule has 1 aliphatic heterocycles. The first-order chi connectivity index (χ1) is 16.1. The molecule has 0 saturated carbocycles. The van der Waals surface area contributed by atoms with Gasteiger partial charge in [0.15, 0.2) is 12.2 Å². The summed E-state index contributed by atoms with van der Waals surface area (Å²) in [7, 11) is 0. The lowest BCUT2D eigenvalue weighted by atomic mass is 9.96. The van der Waals surface area contributed by atoms with Crippen LogP contribution in [0.1, 0.15) is 33.3 Å². The largest absolute Gasteiger partial charge is 0.463 e. The number of nitrogens with one attached hydrogen (secondary N) is 1. The Morgan fingerprint density at radius 3 is 1.94 bits per heavy atom. The van der Waals surface area contributed by atoms with Crippen molar-refractivity contribution in [3.8, 4) is 0 Å². The summed E-state index contributed by atoms with van der Waals surface area (Å²) in [5, 5.41) is 2.45. The van der Waals surface area contributed by atoms with Crippen molar-refractivity contribution in [3.63, 3.8) is 0 Å². The lowest BCUT2D eigenvalue weighted by Crippen LogP contribution is -2.67. The molecule has 0 aliphatic carbocycles. The molecule has 0 bridgehead atoms. The van der Waals surface area contributed by atoms with E-state index < -0.39 is 67.2 Å². The summed E-state index contributed by atoms with van der Waals surface area (Å²) in [5.74, 6) is -2.95. The minimum atomic E-state index is -1.49. The van der Waals surface area contributed by atoms with E-state index in [0.717, 1.165) is 27.7 Å². The standard InChI is InChI=1S/C22H27NO11/c1-12(24)29-11-17-19(31-13(2)25)20(32-14(3)26)18(21(34-17)33-15(4)27)23-22(28)30-10-16-8-6-5-7-9-16/h5-9,17-21H,10-11H2,1-4H3,(H,23,28)/t17?,18?,19-,20?,21+/m0/s1. The Labute approximate surface area is 195 Å². The van der Waals surface area contributed by atoms with E-state index in [1.165, 1.54) is 0 Å². The molecule has 3 unspecified atom stereocenters. The van der Waals surface area contributed by atoms with Gasteiger partial charge >= 0.3 is 30.0 Å². The Hall–Kier alpha value is -3.67. The van der Waals surface area contributed by atoms with Crippen molar-refractivity contribution in [1.29, 1.82) is 0 Å². The number of hydrogen-bond acceptors (Lipinski definition) is 11. The third kappa shape index (κ3) is 8.35. The molecule has 12 heteroatoms. The number of ether oxygens (including phenoxy) is 6. The zero-order valence-corrected chi connectivity index (χ0v) is 19.2. The zero-order chi connectivity index (χ0) is 25.3. The molecule has 1 saturated heterocycles. The molecule has 1 aliphatic rings. The van der Waals surface area contributed by atoms with E-state index in [2.05, 4.69) is 5.32 Å². The Morgan fingerprint density at radius 2 is 1.38 bits per heavy atom. The Bertz CT molecular complexity index is 888. The summed E-state index contributed by atoms with van der Waals surface area (Å²) in [4.78, 5) is 59.1. The average Bonchev–Trinajstić information content (AvgIpc) is 2.74. The van der Waals surface area contributed by atoms with Crippen molar-refractivity contribution in [1.82, 2.24) is 5.32 Å². The SMILES string of the molecule is CC(=O)OCC1O[C@@H](OC(C)=O)C(NC(=O)OCc2ccccc2)C(OC(C)=O)[C@H]1OC(C)=O. The summed E-state index contributed by atoms with van der Waals surface area (Å²) < 4.78 is 31.6. The van der Waals surface area contributed by atoms with Crippen molar-refractivity contribution in [2.75, 3.05) is 6.61 Å². The maximum absolute atomic E-state index is 12.5. The minimum absolute atomic E-state index is 0.0703. The van der Waals surface area contributed by atoms with Crippen LogP contribution in [-0.4, -0.2) is 67.2 Å². The maximum Gasteiger partial charge on any atom is 0.408 e. The third-order valence-corrected chi connectivity index (χ3v) is 4.48. The minimum Gasteiger partial charge on any atom is -0.463 e. The zero-order valence-electron chi connectivity index (χ0n) is 19.2. The molecular formula is C22H27NO11. The van der Waals surface area contributed by atoms with E-state index in [1.807, 2.05) is 0 Å². The number of alkyl carbamates (subject to hydrolysis) is 1. The predicted octanol–water partition coefficient (Wildman–Crippen LogP) is 0.996. The average molecular weight is 481 g/mol. The van der Waals surface area contributed by atoms with Crippen molar-refractivity contribution in [2.24, 2.45) is 0 Å². The highest BCUT2D eigenvalue weighted by Crippen LogP contribution is 2.28. The molecule has 34 heavy (non-hydrogen) atoms. The molecule has 1 aromatic carbocycles. The highest BCUT2D eigenvalue weighted by Gasteiger charge is 2.52. The van der Waals surface area contributed by atoms with E-state index in [9.17, 15) is 24.0 Å². The van der Waals surface area contributed by atoms with E-state index in [4.69, 9.17) is 28.4 Å². The second-order valence-electron chi connectivity index (χ2n) is 7.33. The molecule has 0 aromatic heterocycles. The predicted molar refractivity (Wildman–Crippen MR) is 112 cm³/mol. The van der Waals surface area contributed by atoms with Gasteiger partial charge in [-0.05, 0) is 5.56 Å². The summed E-state index contributed by atoms with van der Waals surface area (Å²) in [5.41, 5.74) is 0.713. The molecular weight excluding hydrogens is 454 g/mol. The van der Waals surface area contributed by atoms with Crippen LogP contribution in [0.3, 0.4) is 0 Å². The molecule has 1 heterocycles. The summed E-state index contributed by atoms with van der Waals surface area (Å²) in [6, 6.07) is 7.51. The van der Waals surface area contributed by atoms with E-state index >= 15 is 0 Å². The second-order valence-corrected chi connectivity index (χ2v) is 7.33. The van der Waals surface area contributed by atoms with Crippen molar-refractivity contribution in [3.05, 3.63) is 35.9 Å². The van der Waals surface area contributed by atoms with Gasteiger partial charge in [-0.3, -0.25) is 19.2 Å². The normalized spacial score (nSPS) is 23.7. The summed E-state index contributed by atoms with van der Waals surface area (Å²) >= 11 is 0. The van der Waals surface area contributed by atoms with Crippen LogP contribution in [0.15, 0.2) is 30.3 Å². The number of carbonyl (C=O) groups is 5. The number of amides is 1.